The van der Waals surface area contributed by atoms with Gasteiger partial charge in [-0.15, -0.1) is 0 Å². The third kappa shape index (κ3) is 5.06. The van der Waals surface area contributed by atoms with Crippen LogP contribution in [0.5, 0.6) is 0 Å². The smallest absolute Gasteiger partial charge is 0.332 e. The Morgan fingerprint density at radius 1 is 1.18 bits per heavy atom. The highest BCUT2D eigenvalue weighted by molar-refractivity contribution is 5.80. The summed E-state index contributed by atoms with van der Waals surface area (Å²) < 4.78 is 0. The number of rotatable bonds is 6. The van der Waals surface area contributed by atoms with Gasteiger partial charge in [0.05, 0.1) is 11.5 Å². The molecule has 0 aromatic carbocycles. The fourth-order valence-electron chi connectivity index (χ4n) is 4.02. The topological polar surface area (TPSA) is 153 Å². The Hall–Kier alpha value is -2.49. The Kier molecular flexibility index (Phi) is 6.61. The number of nitrogens with one attached hydrogen (secondary N) is 1. The van der Waals surface area contributed by atoms with E-state index in [1.165, 1.54) is 0 Å². The summed E-state index contributed by atoms with van der Waals surface area (Å²) >= 11 is 0. The van der Waals surface area contributed by atoms with Crippen LogP contribution in [0, 0.1) is 16.0 Å². The van der Waals surface area contributed by atoms with Crippen LogP contribution in [0.15, 0.2) is 0 Å². The molecule has 2 fully saturated rings. The first-order valence-electron chi connectivity index (χ1n) is 10.0. The molecule has 10 nitrogen and oxygen atoms in total. The van der Waals surface area contributed by atoms with Crippen LogP contribution in [0.25, 0.3) is 0 Å². The van der Waals surface area contributed by atoms with Crippen molar-refractivity contribution in [2.45, 2.75) is 57.4 Å². The lowest BCUT2D eigenvalue weighted by atomic mass is 9.83. The summed E-state index contributed by atoms with van der Waals surface area (Å²) in [6.07, 6.45) is 7.29. The number of nitrogens with two attached hydrogens (primary N) is 2. The average Bonchev–Trinajstić information content (AvgIpc) is 2.68. The van der Waals surface area contributed by atoms with E-state index in [-0.39, 0.29) is 41.9 Å². The Morgan fingerprint density at radius 2 is 1.86 bits per heavy atom. The molecule has 0 spiro atoms. The molecule has 0 unspecified atom stereocenters. The Bertz CT molecular complexity index is 713. The number of amides is 1. The van der Waals surface area contributed by atoms with Gasteiger partial charge in [0.2, 0.25) is 17.7 Å². The SMILES string of the molecule is Nc1nc(NCC(=O)N2CCCCC2)nc(C[C@H]2CC[C@H](N)CC2)c1[N+](=O)[O-]. The Morgan fingerprint density at radius 3 is 2.50 bits per heavy atom. The molecule has 1 saturated carbocycles. The maximum absolute atomic E-state index is 12.3. The van der Waals surface area contributed by atoms with Crippen LogP contribution >= 0.6 is 0 Å². The van der Waals surface area contributed by atoms with Crippen LogP contribution in [-0.2, 0) is 11.2 Å². The van der Waals surface area contributed by atoms with Crippen molar-refractivity contribution in [1.82, 2.24) is 14.9 Å². The predicted octanol–water partition coefficient (Wildman–Crippen LogP) is 1.45. The minimum Gasteiger partial charge on any atom is -0.378 e. The quantitative estimate of drug-likeness (QED) is 0.486. The molecule has 2 heterocycles. The molecule has 1 amide bonds. The number of hydrogen-bond donors (Lipinski definition) is 3. The van der Waals surface area contributed by atoms with Gasteiger partial charge in [0.15, 0.2) is 0 Å². The van der Waals surface area contributed by atoms with Gasteiger partial charge < -0.3 is 21.7 Å². The lowest BCUT2D eigenvalue weighted by Gasteiger charge is -2.27. The molecule has 28 heavy (non-hydrogen) atoms. The minimum atomic E-state index is -0.526. The molecule has 1 aromatic rings. The number of likely N-dealkylation sites (tertiary alicyclic amines) is 1. The molecule has 0 bridgehead atoms. The fourth-order valence-corrected chi connectivity index (χ4v) is 4.02. The van der Waals surface area contributed by atoms with Crippen LogP contribution in [0.2, 0.25) is 0 Å². The van der Waals surface area contributed by atoms with Crippen LogP contribution in [0.3, 0.4) is 0 Å². The van der Waals surface area contributed by atoms with Crippen LogP contribution in [0.4, 0.5) is 17.5 Å². The highest BCUT2D eigenvalue weighted by atomic mass is 16.6. The lowest BCUT2D eigenvalue weighted by Crippen LogP contribution is -2.39. The van der Waals surface area contributed by atoms with E-state index in [0.29, 0.717) is 12.1 Å². The zero-order valence-corrected chi connectivity index (χ0v) is 16.1. The molecular weight excluding hydrogens is 362 g/mol. The summed E-state index contributed by atoms with van der Waals surface area (Å²) in [6.45, 7) is 1.58. The largest absolute Gasteiger partial charge is 0.378 e. The van der Waals surface area contributed by atoms with Crippen molar-refractivity contribution < 1.29 is 9.72 Å². The van der Waals surface area contributed by atoms with E-state index < -0.39 is 4.92 Å². The van der Waals surface area contributed by atoms with Gasteiger partial charge in [-0.1, -0.05) is 0 Å². The van der Waals surface area contributed by atoms with E-state index >= 15 is 0 Å². The molecule has 0 atom stereocenters. The van der Waals surface area contributed by atoms with E-state index in [4.69, 9.17) is 11.5 Å². The number of carbonyl (C=O) groups excluding carboxylic acids is 1. The normalized spacial score (nSPS) is 22.7. The molecule has 1 saturated heterocycles. The Labute approximate surface area is 164 Å². The van der Waals surface area contributed by atoms with Gasteiger partial charge in [-0.3, -0.25) is 14.9 Å². The molecule has 1 aliphatic heterocycles. The molecule has 5 N–H and O–H groups in total. The van der Waals surface area contributed by atoms with Crippen molar-refractivity contribution in [1.29, 1.82) is 0 Å². The molecule has 1 aliphatic carbocycles. The summed E-state index contributed by atoms with van der Waals surface area (Å²) in [7, 11) is 0. The first kappa shape index (κ1) is 20.2. The highest BCUT2D eigenvalue weighted by Crippen LogP contribution is 2.31. The maximum Gasteiger partial charge on any atom is 0.332 e. The lowest BCUT2D eigenvalue weighted by molar-refractivity contribution is -0.385. The summed E-state index contributed by atoms with van der Waals surface area (Å²) in [5.74, 6) is 0.255. The van der Waals surface area contributed by atoms with Crippen molar-refractivity contribution in [3.05, 3.63) is 15.8 Å². The summed E-state index contributed by atoms with van der Waals surface area (Å²) in [4.78, 5) is 33.4. The second-order valence-electron chi connectivity index (χ2n) is 7.76. The van der Waals surface area contributed by atoms with E-state index in [1.807, 2.05) is 4.90 Å². The van der Waals surface area contributed by atoms with E-state index in [2.05, 4.69) is 15.3 Å². The van der Waals surface area contributed by atoms with Gasteiger partial charge >= 0.3 is 5.69 Å². The summed E-state index contributed by atoms with van der Waals surface area (Å²) in [6, 6.07) is 0.208. The third-order valence-corrected chi connectivity index (χ3v) is 5.65. The first-order valence-corrected chi connectivity index (χ1v) is 10.0. The summed E-state index contributed by atoms with van der Waals surface area (Å²) in [5.41, 5.74) is 11.9. The number of nitrogen functional groups attached to an aromatic ring is 1. The number of nitro groups is 1. The number of carbonyl (C=O) groups is 1. The van der Waals surface area contributed by atoms with Gasteiger partial charge in [0.25, 0.3) is 0 Å². The van der Waals surface area contributed by atoms with E-state index in [1.54, 1.807) is 0 Å². The molecule has 0 radical (unpaired) electrons. The second-order valence-corrected chi connectivity index (χ2v) is 7.76. The van der Waals surface area contributed by atoms with Crippen molar-refractivity contribution in [2.24, 2.45) is 11.7 Å². The van der Waals surface area contributed by atoms with E-state index in [0.717, 1.165) is 58.0 Å². The van der Waals surface area contributed by atoms with Gasteiger partial charge in [-0.25, -0.2) is 4.98 Å². The zero-order valence-electron chi connectivity index (χ0n) is 16.1. The number of nitrogens with zero attached hydrogens (tertiary/aromatic N) is 4. The van der Waals surface area contributed by atoms with Gasteiger partial charge in [-0.05, 0) is 57.3 Å². The molecule has 1 aromatic heterocycles. The van der Waals surface area contributed by atoms with Crippen LogP contribution in [0.1, 0.15) is 50.6 Å². The van der Waals surface area contributed by atoms with Crippen LogP contribution < -0.4 is 16.8 Å². The molecular formula is C18H29N7O3. The van der Waals surface area contributed by atoms with Crippen molar-refractivity contribution >= 4 is 23.4 Å². The molecule has 3 rings (SSSR count). The first-order chi connectivity index (χ1) is 13.4. The Balaban J connectivity index is 1.70. The highest BCUT2D eigenvalue weighted by Gasteiger charge is 2.27. The monoisotopic (exact) mass is 391 g/mol. The second kappa shape index (κ2) is 9.13. The number of hydrogen-bond acceptors (Lipinski definition) is 8. The molecule has 154 valence electrons. The number of aromatic nitrogens is 2. The van der Waals surface area contributed by atoms with Gasteiger partial charge in [0.1, 0.15) is 5.69 Å². The predicted molar refractivity (Wildman–Crippen MR) is 106 cm³/mol. The number of anilines is 2. The van der Waals surface area contributed by atoms with Crippen LogP contribution in [-0.4, -0.2) is 51.4 Å². The maximum atomic E-state index is 12.3. The minimum absolute atomic E-state index is 0.0250. The van der Waals surface area contributed by atoms with Crippen molar-refractivity contribution in [3.63, 3.8) is 0 Å². The fraction of sp³-hybridized carbons (Fsp3) is 0.722. The standard InChI is InChI=1S/C18H29N7O3/c19-13-6-4-12(5-7-13)10-14-16(25(27)28)17(20)23-18(22-14)21-11-15(26)24-8-2-1-3-9-24/h12-13H,1-11,19H2,(H3,20,21,22,23)/t12-,13-. The zero-order chi connectivity index (χ0) is 20.1. The van der Waals surface area contributed by atoms with E-state index in [9.17, 15) is 14.9 Å². The number of piperidine rings is 1. The van der Waals surface area contributed by atoms with Crippen molar-refractivity contribution in [3.8, 4) is 0 Å². The average molecular weight is 391 g/mol. The molecule has 2 aliphatic rings. The van der Waals surface area contributed by atoms with Gasteiger partial charge in [0, 0.05) is 19.1 Å². The molecule has 10 heteroatoms. The van der Waals surface area contributed by atoms with Crippen molar-refractivity contribution in [2.75, 3.05) is 30.7 Å². The van der Waals surface area contributed by atoms with Gasteiger partial charge in [-0.2, -0.15) is 4.98 Å². The summed E-state index contributed by atoms with van der Waals surface area (Å²) in [5, 5.41) is 14.4. The third-order valence-electron chi connectivity index (χ3n) is 5.65.